The van der Waals surface area contributed by atoms with E-state index >= 15 is 0 Å². The average Bonchev–Trinajstić information content (AvgIpc) is 3.32. The van der Waals surface area contributed by atoms with Gasteiger partial charge in [-0.1, -0.05) is 30.7 Å². The molecule has 1 aromatic heterocycles. The van der Waals surface area contributed by atoms with Crippen molar-refractivity contribution in [1.82, 2.24) is 15.5 Å². The Bertz CT molecular complexity index is 907. The van der Waals surface area contributed by atoms with Crippen molar-refractivity contribution in [3.63, 3.8) is 0 Å². The quantitative estimate of drug-likeness (QED) is 0.682. The Morgan fingerprint density at radius 2 is 1.84 bits per heavy atom. The van der Waals surface area contributed by atoms with Crippen LogP contribution in [0, 0.1) is 5.92 Å². The molecule has 2 atom stereocenters. The molecule has 2 heterocycles. The van der Waals surface area contributed by atoms with E-state index in [1.165, 1.54) is 6.26 Å². The van der Waals surface area contributed by atoms with Gasteiger partial charge in [0.1, 0.15) is 6.04 Å². The van der Waals surface area contributed by atoms with Crippen molar-refractivity contribution in [3.05, 3.63) is 59.0 Å². The molecule has 3 rings (SSSR count). The van der Waals surface area contributed by atoms with Crippen molar-refractivity contribution in [1.29, 1.82) is 0 Å². The van der Waals surface area contributed by atoms with Crippen LogP contribution in [-0.4, -0.2) is 47.8 Å². The van der Waals surface area contributed by atoms with E-state index in [4.69, 9.17) is 16.0 Å². The lowest BCUT2D eigenvalue weighted by molar-refractivity contribution is -0.125. The largest absolute Gasteiger partial charge is 0.459 e. The van der Waals surface area contributed by atoms with E-state index in [2.05, 4.69) is 10.6 Å². The summed E-state index contributed by atoms with van der Waals surface area (Å²) in [6.07, 6.45) is 3.44. The lowest BCUT2D eigenvalue weighted by atomic mass is 9.88. The monoisotopic (exact) mass is 445 g/mol. The number of nitrogens with zero attached hydrogens (tertiary/aromatic N) is 1. The fourth-order valence-corrected chi connectivity index (χ4v) is 3.91. The summed E-state index contributed by atoms with van der Waals surface area (Å²) >= 11 is 6.16. The van der Waals surface area contributed by atoms with Crippen LogP contribution in [0.2, 0.25) is 5.02 Å². The summed E-state index contributed by atoms with van der Waals surface area (Å²) in [7, 11) is 0. The summed E-state index contributed by atoms with van der Waals surface area (Å²) in [5.74, 6) is -0.564. The SMILES string of the molecule is CCC(C)NC(=O)C(NC(=O)c1ccccc1Cl)C1CCN(C(=O)c2ccco2)CC1. The van der Waals surface area contributed by atoms with Gasteiger partial charge in [0, 0.05) is 19.1 Å². The van der Waals surface area contributed by atoms with E-state index in [-0.39, 0.29) is 29.7 Å². The van der Waals surface area contributed by atoms with E-state index < -0.39 is 6.04 Å². The molecule has 3 amide bonds. The van der Waals surface area contributed by atoms with Crippen molar-refractivity contribution >= 4 is 29.3 Å². The number of carbonyl (C=O) groups excluding carboxylic acids is 3. The molecule has 1 aliphatic rings. The van der Waals surface area contributed by atoms with Crippen LogP contribution in [0.15, 0.2) is 47.1 Å². The minimum atomic E-state index is -0.710. The van der Waals surface area contributed by atoms with Crippen molar-refractivity contribution in [2.75, 3.05) is 13.1 Å². The van der Waals surface area contributed by atoms with Gasteiger partial charge in [-0.05, 0) is 56.4 Å². The fourth-order valence-electron chi connectivity index (χ4n) is 3.69. The predicted molar refractivity (Wildman–Crippen MR) is 118 cm³/mol. The number of halogens is 1. The first-order valence-electron chi connectivity index (χ1n) is 10.6. The highest BCUT2D eigenvalue weighted by Crippen LogP contribution is 2.24. The predicted octanol–water partition coefficient (Wildman–Crippen LogP) is 3.50. The van der Waals surface area contributed by atoms with Crippen molar-refractivity contribution in [2.24, 2.45) is 5.92 Å². The maximum Gasteiger partial charge on any atom is 0.289 e. The van der Waals surface area contributed by atoms with E-state index in [0.717, 1.165) is 6.42 Å². The molecule has 2 N–H and O–H groups in total. The summed E-state index contributed by atoms with van der Waals surface area (Å²) in [6.45, 7) is 4.88. The van der Waals surface area contributed by atoms with Gasteiger partial charge in [0.05, 0.1) is 16.8 Å². The normalized spacial score (nSPS) is 16.4. The second-order valence-corrected chi connectivity index (χ2v) is 8.26. The van der Waals surface area contributed by atoms with Crippen LogP contribution in [0.25, 0.3) is 0 Å². The topological polar surface area (TPSA) is 91.7 Å². The molecular weight excluding hydrogens is 418 g/mol. The molecule has 31 heavy (non-hydrogen) atoms. The molecule has 0 spiro atoms. The number of furan rings is 1. The van der Waals surface area contributed by atoms with Gasteiger partial charge in [-0.3, -0.25) is 14.4 Å². The zero-order valence-corrected chi connectivity index (χ0v) is 18.5. The molecule has 0 radical (unpaired) electrons. The standard InChI is InChI=1S/C23H28ClN3O4/c1-3-15(2)25-22(29)20(26-21(28)17-7-4-5-8-18(17)24)16-10-12-27(13-11-16)23(30)19-9-6-14-31-19/h4-9,14-16,20H,3,10-13H2,1-2H3,(H,25,29)(H,26,28). The Morgan fingerprint density at radius 3 is 2.45 bits per heavy atom. The highest BCUT2D eigenvalue weighted by atomic mass is 35.5. The van der Waals surface area contributed by atoms with Crippen LogP contribution in [-0.2, 0) is 4.79 Å². The van der Waals surface area contributed by atoms with Crippen LogP contribution in [0.1, 0.15) is 54.0 Å². The number of nitrogens with one attached hydrogen (secondary N) is 2. The van der Waals surface area contributed by atoms with Gasteiger partial charge in [0.15, 0.2) is 5.76 Å². The first-order valence-corrected chi connectivity index (χ1v) is 11.0. The molecule has 0 saturated carbocycles. The minimum absolute atomic E-state index is 0.00663. The molecule has 1 aromatic carbocycles. The van der Waals surface area contributed by atoms with Crippen LogP contribution < -0.4 is 10.6 Å². The van der Waals surface area contributed by atoms with Crippen molar-refractivity contribution < 1.29 is 18.8 Å². The third kappa shape index (κ3) is 5.67. The van der Waals surface area contributed by atoms with Gasteiger partial charge >= 0.3 is 0 Å². The zero-order chi connectivity index (χ0) is 22.4. The maximum atomic E-state index is 13.0. The summed E-state index contributed by atoms with van der Waals surface area (Å²) in [6, 6.07) is 9.35. The second kappa shape index (κ2) is 10.5. The van der Waals surface area contributed by atoms with Crippen LogP contribution in [0.5, 0.6) is 0 Å². The maximum absolute atomic E-state index is 13.0. The molecule has 1 fully saturated rings. The molecule has 7 nitrogen and oxygen atoms in total. The van der Waals surface area contributed by atoms with Crippen LogP contribution in [0.3, 0.4) is 0 Å². The lowest BCUT2D eigenvalue weighted by Gasteiger charge is -2.35. The number of rotatable bonds is 7. The molecular formula is C23H28ClN3O4. The van der Waals surface area contributed by atoms with E-state index in [1.54, 1.807) is 41.3 Å². The Hall–Kier alpha value is -2.80. The van der Waals surface area contributed by atoms with Gasteiger partial charge in [0.2, 0.25) is 5.91 Å². The number of carbonyl (C=O) groups is 3. The van der Waals surface area contributed by atoms with Gasteiger partial charge in [0.25, 0.3) is 11.8 Å². The second-order valence-electron chi connectivity index (χ2n) is 7.86. The fraction of sp³-hybridized carbons (Fsp3) is 0.435. The number of piperidine rings is 1. The Balaban J connectivity index is 1.71. The van der Waals surface area contributed by atoms with Crippen LogP contribution in [0.4, 0.5) is 0 Å². The van der Waals surface area contributed by atoms with Crippen molar-refractivity contribution in [2.45, 2.75) is 45.2 Å². The third-order valence-electron chi connectivity index (χ3n) is 5.72. The van der Waals surface area contributed by atoms with E-state index in [0.29, 0.717) is 42.3 Å². The van der Waals surface area contributed by atoms with E-state index in [1.807, 2.05) is 13.8 Å². The number of hydrogen-bond donors (Lipinski definition) is 2. The van der Waals surface area contributed by atoms with Gasteiger partial charge < -0.3 is 20.0 Å². The Kier molecular flexibility index (Phi) is 7.74. The molecule has 1 saturated heterocycles. The Morgan fingerprint density at radius 1 is 1.13 bits per heavy atom. The number of benzene rings is 1. The highest BCUT2D eigenvalue weighted by Gasteiger charge is 2.35. The molecule has 8 heteroatoms. The number of hydrogen-bond acceptors (Lipinski definition) is 4. The van der Waals surface area contributed by atoms with Crippen LogP contribution >= 0.6 is 11.6 Å². The average molecular weight is 446 g/mol. The van der Waals surface area contributed by atoms with E-state index in [9.17, 15) is 14.4 Å². The smallest absolute Gasteiger partial charge is 0.289 e. The summed E-state index contributed by atoms with van der Waals surface area (Å²) in [4.78, 5) is 40.1. The lowest BCUT2D eigenvalue weighted by Crippen LogP contribution is -2.55. The molecule has 0 bridgehead atoms. The highest BCUT2D eigenvalue weighted by molar-refractivity contribution is 6.33. The minimum Gasteiger partial charge on any atom is -0.459 e. The Labute approximate surface area is 187 Å². The number of likely N-dealkylation sites (tertiary alicyclic amines) is 1. The summed E-state index contributed by atoms with van der Waals surface area (Å²) < 4.78 is 5.21. The third-order valence-corrected chi connectivity index (χ3v) is 6.05. The summed E-state index contributed by atoms with van der Waals surface area (Å²) in [5.41, 5.74) is 0.330. The first-order chi connectivity index (χ1) is 14.9. The molecule has 1 aliphatic heterocycles. The molecule has 2 aromatic rings. The molecule has 2 unspecified atom stereocenters. The van der Waals surface area contributed by atoms with Crippen molar-refractivity contribution in [3.8, 4) is 0 Å². The summed E-state index contributed by atoms with van der Waals surface area (Å²) in [5, 5.41) is 6.19. The van der Waals surface area contributed by atoms with Gasteiger partial charge in [-0.25, -0.2) is 0 Å². The molecule has 0 aliphatic carbocycles. The van der Waals surface area contributed by atoms with Gasteiger partial charge in [-0.15, -0.1) is 0 Å². The first kappa shape index (κ1) is 22.9. The number of amides is 3. The zero-order valence-electron chi connectivity index (χ0n) is 17.8. The molecule has 166 valence electrons. The van der Waals surface area contributed by atoms with Gasteiger partial charge in [-0.2, -0.15) is 0 Å².